The quantitative estimate of drug-likeness (QED) is 0.687. The van der Waals surface area contributed by atoms with Crippen molar-refractivity contribution in [2.24, 2.45) is 0 Å². The highest BCUT2D eigenvalue weighted by Gasteiger charge is 2.41. The van der Waals surface area contributed by atoms with Gasteiger partial charge in [0.15, 0.2) is 0 Å². The van der Waals surface area contributed by atoms with Crippen LogP contribution in [0.15, 0.2) is 29.2 Å². The highest BCUT2D eigenvalue weighted by Crippen LogP contribution is 2.35. The first kappa shape index (κ1) is 21.1. The van der Waals surface area contributed by atoms with Crippen LogP contribution in [0.3, 0.4) is 0 Å². The van der Waals surface area contributed by atoms with Crippen molar-refractivity contribution in [1.29, 1.82) is 0 Å². The van der Waals surface area contributed by atoms with Crippen LogP contribution in [-0.4, -0.2) is 58.2 Å². The Hall–Kier alpha value is -3.17. The monoisotopic (exact) mass is 434 g/mol. The number of carbonyl (C=O) groups is 1. The van der Waals surface area contributed by atoms with Crippen LogP contribution in [0.4, 0.5) is 19.3 Å². The molecule has 0 bridgehead atoms. The fourth-order valence-electron chi connectivity index (χ4n) is 3.86. The summed E-state index contributed by atoms with van der Waals surface area (Å²) in [5.74, 6) is -1.56. The highest BCUT2D eigenvalue weighted by molar-refractivity contribution is 5.69. The summed E-state index contributed by atoms with van der Waals surface area (Å²) in [6, 6.07) is 2.58. The Morgan fingerprint density at radius 1 is 1.19 bits per heavy atom. The van der Waals surface area contributed by atoms with Crippen LogP contribution in [0, 0.1) is 11.6 Å². The predicted molar refractivity (Wildman–Crippen MR) is 109 cm³/mol. The normalized spacial score (nSPS) is 20.6. The minimum absolute atomic E-state index is 0.0292. The van der Waals surface area contributed by atoms with E-state index in [-0.39, 0.29) is 17.5 Å². The van der Waals surface area contributed by atoms with Gasteiger partial charge in [-0.2, -0.15) is 9.78 Å². The molecule has 2 aliphatic heterocycles. The molecule has 31 heavy (non-hydrogen) atoms. The summed E-state index contributed by atoms with van der Waals surface area (Å²) in [5.41, 5.74) is -0.744. The first-order valence-corrected chi connectivity index (χ1v) is 10.0. The van der Waals surface area contributed by atoms with Gasteiger partial charge in [0.1, 0.15) is 29.0 Å². The second-order valence-corrected chi connectivity index (χ2v) is 8.71. The van der Waals surface area contributed by atoms with E-state index in [1.165, 1.54) is 6.20 Å². The van der Waals surface area contributed by atoms with E-state index in [9.17, 15) is 18.4 Å². The topological polar surface area (TPSA) is 76.9 Å². The molecule has 166 valence electrons. The lowest BCUT2D eigenvalue weighted by molar-refractivity contribution is 0.0160. The third-order valence-corrected chi connectivity index (χ3v) is 5.23. The van der Waals surface area contributed by atoms with E-state index < -0.39 is 35.0 Å². The molecule has 1 aromatic carbocycles. The van der Waals surface area contributed by atoms with Crippen molar-refractivity contribution in [1.82, 2.24) is 14.7 Å². The number of amides is 1. The van der Waals surface area contributed by atoms with E-state index in [0.29, 0.717) is 25.3 Å². The summed E-state index contributed by atoms with van der Waals surface area (Å²) in [7, 11) is 0. The van der Waals surface area contributed by atoms with Gasteiger partial charge >= 0.3 is 11.7 Å². The van der Waals surface area contributed by atoms with Crippen molar-refractivity contribution < 1.29 is 23.0 Å². The zero-order valence-corrected chi connectivity index (χ0v) is 17.8. The van der Waals surface area contributed by atoms with E-state index >= 15 is 0 Å². The van der Waals surface area contributed by atoms with Crippen molar-refractivity contribution in [3.63, 3.8) is 0 Å². The van der Waals surface area contributed by atoms with E-state index in [4.69, 9.17) is 9.47 Å². The maximum Gasteiger partial charge on any atom is 0.410 e. The number of carbonyl (C=O) groups excluding carboxylic acids is 1. The fraction of sp³-hybridized carbons (Fsp3) is 0.476. The molecule has 4 rings (SSSR count). The first-order valence-electron chi connectivity index (χ1n) is 10.0. The molecule has 0 radical (unpaired) electrons. The second-order valence-electron chi connectivity index (χ2n) is 8.71. The average Bonchev–Trinajstić information content (AvgIpc) is 2.66. The van der Waals surface area contributed by atoms with Crippen molar-refractivity contribution in [3.8, 4) is 11.4 Å². The molecule has 2 atom stereocenters. The number of aromatic nitrogens is 2. The van der Waals surface area contributed by atoms with Crippen LogP contribution in [0.25, 0.3) is 5.69 Å². The van der Waals surface area contributed by atoms with Crippen LogP contribution < -0.4 is 15.2 Å². The Morgan fingerprint density at radius 2 is 1.87 bits per heavy atom. The number of piperazine rings is 1. The van der Waals surface area contributed by atoms with Crippen molar-refractivity contribution in [2.75, 3.05) is 24.5 Å². The van der Waals surface area contributed by atoms with Gasteiger partial charge in [-0.15, -0.1) is 0 Å². The van der Waals surface area contributed by atoms with Gasteiger partial charge in [-0.05, 0) is 39.8 Å². The van der Waals surface area contributed by atoms with E-state index in [2.05, 4.69) is 5.10 Å². The number of anilines is 1. The predicted octanol–water partition coefficient (Wildman–Crippen LogP) is 2.72. The SMILES string of the molecule is CC1Oc2c(cnn(-c3cc(F)cc(F)c3)c2=O)N2CCN(C(=O)OC(C)(C)C)CC12. The molecule has 0 saturated carbocycles. The molecule has 0 spiro atoms. The standard InChI is InChI=1S/C21H24F2N4O4/c1-12-17-11-25(20(29)31-21(2,3)4)5-6-26(17)16-10-24-27(19(28)18(16)30-12)15-8-13(22)7-14(23)9-15/h7-10,12,17H,5-6,11H2,1-4H3. The lowest BCUT2D eigenvalue weighted by atomic mass is 10.0. The molecule has 1 fully saturated rings. The van der Waals surface area contributed by atoms with Crippen molar-refractivity contribution >= 4 is 11.8 Å². The summed E-state index contributed by atoms with van der Waals surface area (Å²) >= 11 is 0. The Kier molecular flexibility index (Phi) is 5.10. The van der Waals surface area contributed by atoms with Crippen molar-refractivity contribution in [3.05, 3.63) is 46.4 Å². The van der Waals surface area contributed by atoms with Gasteiger partial charge in [0.25, 0.3) is 0 Å². The van der Waals surface area contributed by atoms with Crippen molar-refractivity contribution in [2.45, 2.75) is 45.4 Å². The zero-order valence-electron chi connectivity index (χ0n) is 17.8. The molecule has 0 N–H and O–H groups in total. The zero-order chi connectivity index (χ0) is 22.5. The minimum atomic E-state index is -0.811. The van der Waals surface area contributed by atoms with E-state index in [0.717, 1.165) is 22.9 Å². The van der Waals surface area contributed by atoms with Gasteiger partial charge in [0.2, 0.25) is 5.75 Å². The third kappa shape index (κ3) is 4.06. The summed E-state index contributed by atoms with van der Waals surface area (Å²) in [6.07, 6.45) is 0.638. The number of benzene rings is 1. The lowest BCUT2D eigenvalue weighted by Gasteiger charge is -2.47. The van der Waals surface area contributed by atoms with Crippen LogP contribution in [0.5, 0.6) is 5.75 Å². The molecule has 1 saturated heterocycles. The number of ether oxygens (including phenoxy) is 2. The molecular weight excluding hydrogens is 410 g/mol. The van der Waals surface area contributed by atoms with Crippen LogP contribution in [-0.2, 0) is 4.74 Å². The maximum atomic E-state index is 13.6. The summed E-state index contributed by atoms with van der Waals surface area (Å²) in [4.78, 5) is 29.1. The molecule has 3 heterocycles. The number of rotatable bonds is 1. The lowest BCUT2D eigenvalue weighted by Crippen LogP contribution is -2.62. The Balaban J connectivity index is 1.63. The fourth-order valence-corrected chi connectivity index (χ4v) is 3.86. The maximum absolute atomic E-state index is 13.6. The Bertz CT molecular complexity index is 1060. The van der Waals surface area contributed by atoms with Crippen LogP contribution in [0.1, 0.15) is 27.7 Å². The summed E-state index contributed by atoms with van der Waals surface area (Å²) in [6.45, 7) is 8.49. The van der Waals surface area contributed by atoms with Gasteiger partial charge in [-0.25, -0.2) is 13.6 Å². The number of nitrogens with zero attached hydrogens (tertiary/aromatic N) is 4. The van der Waals surface area contributed by atoms with Gasteiger partial charge in [-0.3, -0.25) is 4.79 Å². The first-order chi connectivity index (χ1) is 14.5. The number of hydrogen-bond donors (Lipinski definition) is 0. The molecule has 1 aromatic heterocycles. The molecule has 8 nitrogen and oxygen atoms in total. The van der Waals surface area contributed by atoms with Crippen LogP contribution in [0.2, 0.25) is 0 Å². The third-order valence-electron chi connectivity index (χ3n) is 5.23. The number of hydrogen-bond acceptors (Lipinski definition) is 6. The molecule has 1 amide bonds. The van der Waals surface area contributed by atoms with E-state index in [1.54, 1.807) is 4.90 Å². The van der Waals surface area contributed by atoms with Gasteiger partial charge in [0.05, 0.1) is 17.9 Å². The Labute approximate surface area is 178 Å². The number of fused-ring (bicyclic) bond motifs is 3. The van der Waals surface area contributed by atoms with Gasteiger partial charge in [0, 0.05) is 25.7 Å². The molecule has 2 unspecified atom stereocenters. The molecule has 2 aliphatic rings. The highest BCUT2D eigenvalue weighted by atomic mass is 19.1. The summed E-state index contributed by atoms with van der Waals surface area (Å²) < 4.78 is 39.5. The smallest absolute Gasteiger partial charge is 0.410 e. The minimum Gasteiger partial charge on any atom is -0.481 e. The van der Waals surface area contributed by atoms with E-state index in [1.807, 2.05) is 32.6 Å². The number of halogens is 2. The Morgan fingerprint density at radius 3 is 2.52 bits per heavy atom. The van der Waals surface area contributed by atoms with Gasteiger partial charge in [-0.1, -0.05) is 0 Å². The second kappa shape index (κ2) is 7.51. The largest absolute Gasteiger partial charge is 0.481 e. The molecule has 2 aromatic rings. The molecule has 0 aliphatic carbocycles. The summed E-state index contributed by atoms with van der Waals surface area (Å²) in [5, 5.41) is 4.11. The molecular formula is C21H24F2N4O4. The average molecular weight is 434 g/mol. The molecule has 10 heteroatoms. The van der Waals surface area contributed by atoms with Gasteiger partial charge < -0.3 is 19.3 Å². The van der Waals surface area contributed by atoms with Crippen LogP contribution >= 0.6 is 0 Å².